The number of fused-ring (bicyclic) bond motifs is 2. The van der Waals surface area contributed by atoms with E-state index in [-0.39, 0.29) is 17.2 Å². The molecule has 2 aliphatic carbocycles. The zero-order valence-corrected chi connectivity index (χ0v) is 11.8. The van der Waals surface area contributed by atoms with Crippen LogP contribution >= 0.6 is 0 Å². The smallest absolute Gasteiger partial charge is 0.224 e. The molecule has 3 atom stereocenters. The van der Waals surface area contributed by atoms with Crippen molar-refractivity contribution in [3.63, 3.8) is 0 Å². The number of rotatable bonds is 2. The molecule has 1 saturated heterocycles. The summed E-state index contributed by atoms with van der Waals surface area (Å²) in [6.45, 7) is 2.02. The Morgan fingerprint density at radius 3 is 3.10 bits per heavy atom. The van der Waals surface area contributed by atoms with Crippen LogP contribution in [0, 0.1) is 5.92 Å². The van der Waals surface area contributed by atoms with E-state index < -0.39 is 0 Å². The topological polar surface area (TPSA) is 41.1 Å². The highest BCUT2D eigenvalue weighted by molar-refractivity contribution is 5.85. The molecule has 0 radical (unpaired) electrons. The van der Waals surface area contributed by atoms with Gasteiger partial charge in [0, 0.05) is 23.9 Å². The molecule has 3 heteroatoms. The van der Waals surface area contributed by atoms with Gasteiger partial charge in [-0.1, -0.05) is 24.3 Å². The Morgan fingerprint density at radius 1 is 1.35 bits per heavy atom. The van der Waals surface area contributed by atoms with Crippen molar-refractivity contribution in [2.24, 2.45) is 5.92 Å². The van der Waals surface area contributed by atoms with Gasteiger partial charge in [-0.15, -0.1) is 0 Å². The van der Waals surface area contributed by atoms with Crippen LogP contribution in [0.5, 0.6) is 0 Å². The van der Waals surface area contributed by atoms with E-state index in [1.165, 1.54) is 17.5 Å². The molecule has 1 saturated carbocycles. The predicted molar refractivity (Wildman–Crippen MR) is 78.6 cm³/mol. The number of amides is 1. The molecule has 0 aromatic heterocycles. The summed E-state index contributed by atoms with van der Waals surface area (Å²) in [5.41, 5.74) is 3.09. The maximum atomic E-state index is 12.5. The fourth-order valence-electron chi connectivity index (χ4n) is 4.22. The zero-order valence-electron chi connectivity index (χ0n) is 11.8. The molecule has 1 aliphatic heterocycles. The third-order valence-corrected chi connectivity index (χ3v) is 5.43. The second-order valence-corrected chi connectivity index (χ2v) is 6.62. The van der Waals surface area contributed by atoms with Crippen LogP contribution in [0.4, 0.5) is 0 Å². The van der Waals surface area contributed by atoms with Crippen molar-refractivity contribution in [3.05, 3.63) is 35.4 Å². The maximum absolute atomic E-state index is 12.5. The molecule has 1 amide bonds. The van der Waals surface area contributed by atoms with E-state index in [2.05, 4.69) is 34.9 Å². The SMILES string of the molecule is O=C(NC1CCCNC1)C1CC12CCc1ccccc12. The van der Waals surface area contributed by atoms with Crippen molar-refractivity contribution in [2.45, 2.75) is 43.6 Å². The van der Waals surface area contributed by atoms with Crippen LogP contribution < -0.4 is 10.6 Å². The normalized spacial score (nSPS) is 34.8. The number of hydrogen-bond acceptors (Lipinski definition) is 2. The quantitative estimate of drug-likeness (QED) is 0.860. The molecule has 1 aromatic carbocycles. The average Bonchev–Trinajstić information content (AvgIpc) is 3.11. The highest BCUT2D eigenvalue weighted by atomic mass is 16.2. The highest BCUT2D eigenvalue weighted by Crippen LogP contribution is 2.61. The summed E-state index contributed by atoms with van der Waals surface area (Å²) in [5, 5.41) is 6.62. The molecular formula is C17H22N2O. The van der Waals surface area contributed by atoms with Gasteiger partial charge in [-0.25, -0.2) is 0 Å². The summed E-state index contributed by atoms with van der Waals surface area (Å²) >= 11 is 0. The van der Waals surface area contributed by atoms with Crippen molar-refractivity contribution in [1.29, 1.82) is 0 Å². The van der Waals surface area contributed by atoms with Gasteiger partial charge in [0.15, 0.2) is 0 Å². The summed E-state index contributed by atoms with van der Waals surface area (Å²) in [7, 11) is 0. The second kappa shape index (κ2) is 4.59. The van der Waals surface area contributed by atoms with Gasteiger partial charge < -0.3 is 10.6 Å². The van der Waals surface area contributed by atoms with E-state index in [9.17, 15) is 4.79 Å². The van der Waals surface area contributed by atoms with E-state index in [1.807, 2.05) is 0 Å². The summed E-state index contributed by atoms with van der Waals surface area (Å²) < 4.78 is 0. The number of piperidine rings is 1. The van der Waals surface area contributed by atoms with Crippen molar-refractivity contribution in [3.8, 4) is 0 Å². The van der Waals surface area contributed by atoms with Crippen molar-refractivity contribution in [2.75, 3.05) is 13.1 Å². The Morgan fingerprint density at radius 2 is 2.25 bits per heavy atom. The standard InChI is InChI=1S/C17H22N2O/c20-16(19-13-5-3-9-18-11-13)15-10-17(15)8-7-12-4-1-2-6-14(12)17/h1-2,4,6,13,15,18H,3,5,7-11H2,(H,19,20). The van der Waals surface area contributed by atoms with Crippen LogP contribution in [0.15, 0.2) is 24.3 Å². The molecule has 4 rings (SSSR count). The summed E-state index contributed by atoms with van der Waals surface area (Å²) in [6, 6.07) is 9.03. The molecule has 2 fully saturated rings. The van der Waals surface area contributed by atoms with Crippen LogP contribution in [0.2, 0.25) is 0 Å². The van der Waals surface area contributed by atoms with E-state index in [4.69, 9.17) is 0 Å². The first kappa shape index (κ1) is 12.4. The largest absolute Gasteiger partial charge is 0.352 e. The lowest BCUT2D eigenvalue weighted by atomic mass is 9.95. The summed E-state index contributed by atoms with van der Waals surface area (Å²) in [4.78, 5) is 12.5. The van der Waals surface area contributed by atoms with Crippen molar-refractivity contribution < 1.29 is 4.79 Å². The summed E-state index contributed by atoms with van der Waals surface area (Å²) in [6.07, 6.45) is 5.65. The van der Waals surface area contributed by atoms with E-state index in [0.29, 0.717) is 6.04 Å². The lowest BCUT2D eigenvalue weighted by Gasteiger charge is -2.24. The van der Waals surface area contributed by atoms with Crippen LogP contribution in [0.1, 0.15) is 36.8 Å². The van der Waals surface area contributed by atoms with Gasteiger partial charge in [0.25, 0.3) is 0 Å². The Labute approximate surface area is 120 Å². The summed E-state index contributed by atoms with van der Waals surface area (Å²) in [5.74, 6) is 0.503. The van der Waals surface area contributed by atoms with E-state index in [1.54, 1.807) is 0 Å². The number of carbonyl (C=O) groups excluding carboxylic acids is 1. The van der Waals surface area contributed by atoms with Gasteiger partial charge in [-0.2, -0.15) is 0 Å². The Hall–Kier alpha value is -1.35. The minimum atomic E-state index is 0.183. The molecule has 1 spiro atoms. The van der Waals surface area contributed by atoms with Crippen LogP contribution in [0.3, 0.4) is 0 Å². The van der Waals surface area contributed by atoms with Crippen molar-refractivity contribution in [1.82, 2.24) is 10.6 Å². The Kier molecular flexibility index (Phi) is 2.84. The van der Waals surface area contributed by atoms with Crippen molar-refractivity contribution >= 4 is 5.91 Å². The fourth-order valence-corrected chi connectivity index (χ4v) is 4.22. The first-order valence-electron chi connectivity index (χ1n) is 7.89. The van der Waals surface area contributed by atoms with Gasteiger partial charge in [0.05, 0.1) is 0 Å². The third-order valence-electron chi connectivity index (χ3n) is 5.43. The van der Waals surface area contributed by atoms with E-state index >= 15 is 0 Å². The first-order valence-corrected chi connectivity index (χ1v) is 7.89. The van der Waals surface area contributed by atoms with Crippen LogP contribution in [-0.4, -0.2) is 25.0 Å². The monoisotopic (exact) mass is 270 g/mol. The van der Waals surface area contributed by atoms with Gasteiger partial charge in [0.1, 0.15) is 0 Å². The number of benzene rings is 1. The predicted octanol–water partition coefficient (Wildman–Crippen LogP) is 1.76. The van der Waals surface area contributed by atoms with Gasteiger partial charge >= 0.3 is 0 Å². The number of hydrogen-bond donors (Lipinski definition) is 2. The fraction of sp³-hybridized carbons (Fsp3) is 0.588. The minimum absolute atomic E-state index is 0.183. The molecule has 3 nitrogen and oxygen atoms in total. The molecule has 2 N–H and O–H groups in total. The molecule has 20 heavy (non-hydrogen) atoms. The lowest BCUT2D eigenvalue weighted by molar-refractivity contribution is -0.123. The van der Waals surface area contributed by atoms with Gasteiger partial charge in [0.2, 0.25) is 5.91 Å². The molecular weight excluding hydrogens is 248 g/mol. The van der Waals surface area contributed by atoms with Crippen LogP contribution in [0.25, 0.3) is 0 Å². The number of nitrogens with one attached hydrogen (secondary N) is 2. The molecule has 3 unspecified atom stereocenters. The third kappa shape index (κ3) is 1.87. The Bertz CT molecular complexity index is 536. The second-order valence-electron chi connectivity index (χ2n) is 6.62. The zero-order chi connectivity index (χ0) is 13.6. The first-order chi connectivity index (χ1) is 9.79. The molecule has 1 aromatic rings. The van der Waals surface area contributed by atoms with Crippen LogP contribution in [-0.2, 0) is 16.6 Å². The minimum Gasteiger partial charge on any atom is -0.352 e. The lowest BCUT2D eigenvalue weighted by Crippen LogP contribution is -2.46. The Balaban J connectivity index is 1.46. The molecule has 106 valence electrons. The number of aryl methyl sites for hydroxylation is 1. The molecule has 1 heterocycles. The molecule has 0 bridgehead atoms. The molecule has 3 aliphatic rings. The van der Waals surface area contributed by atoms with E-state index in [0.717, 1.165) is 38.8 Å². The highest BCUT2D eigenvalue weighted by Gasteiger charge is 2.61. The number of carbonyl (C=O) groups is 1. The van der Waals surface area contributed by atoms with Gasteiger partial charge in [-0.3, -0.25) is 4.79 Å². The maximum Gasteiger partial charge on any atom is 0.224 e. The average molecular weight is 270 g/mol. The van der Waals surface area contributed by atoms with Gasteiger partial charge in [-0.05, 0) is 49.8 Å².